The van der Waals surface area contributed by atoms with E-state index in [1.165, 1.54) is 25.5 Å². The van der Waals surface area contributed by atoms with Gasteiger partial charge in [-0.25, -0.2) is 5.43 Å². The fourth-order valence-corrected chi connectivity index (χ4v) is 5.40. The second-order valence-corrected chi connectivity index (χ2v) is 10.3. The fourth-order valence-electron chi connectivity index (χ4n) is 3.28. The normalized spacial score (nSPS) is 11.1. The van der Waals surface area contributed by atoms with Gasteiger partial charge in [-0.05, 0) is 80.0 Å². The molecule has 0 unspecified atom stereocenters. The standard InChI is InChI=1S/C24H16Br2IN3O6/c1-34-20-7-14(6-19(27)23(20)35-12-13-3-2-4-17(5-13)30(32)33)11-28-29-24(31)21-9-15-8-16(25)10-18(26)22(15)36-21/h2-11H,12H2,1H3,(H,29,31)/b28-11-. The van der Waals surface area contributed by atoms with E-state index in [9.17, 15) is 14.9 Å². The summed E-state index contributed by atoms with van der Waals surface area (Å²) in [4.78, 5) is 23.0. The first-order valence-corrected chi connectivity index (χ1v) is 12.9. The van der Waals surface area contributed by atoms with Gasteiger partial charge in [0, 0.05) is 22.0 Å². The number of benzene rings is 3. The van der Waals surface area contributed by atoms with Crippen molar-refractivity contribution < 1.29 is 23.6 Å². The molecular weight excluding hydrogens is 713 g/mol. The molecule has 0 fully saturated rings. The summed E-state index contributed by atoms with van der Waals surface area (Å²) in [5.74, 6) is 0.569. The quantitative estimate of drug-likeness (QED) is 0.0922. The number of carbonyl (C=O) groups is 1. The number of nitrogens with one attached hydrogen (secondary N) is 1. The van der Waals surface area contributed by atoms with Crippen LogP contribution in [0, 0.1) is 13.7 Å². The number of methoxy groups -OCH3 is 1. The molecule has 1 aromatic heterocycles. The van der Waals surface area contributed by atoms with Gasteiger partial charge in [0.05, 0.1) is 26.3 Å². The molecule has 4 rings (SSSR count). The van der Waals surface area contributed by atoms with Crippen LogP contribution in [0.3, 0.4) is 0 Å². The third kappa shape index (κ3) is 6.05. The lowest BCUT2D eigenvalue weighted by atomic mass is 10.2. The largest absolute Gasteiger partial charge is 0.493 e. The Kier molecular flexibility index (Phi) is 8.26. The highest BCUT2D eigenvalue weighted by Crippen LogP contribution is 2.34. The molecule has 36 heavy (non-hydrogen) atoms. The van der Waals surface area contributed by atoms with Gasteiger partial charge in [-0.15, -0.1) is 0 Å². The predicted molar refractivity (Wildman–Crippen MR) is 150 cm³/mol. The summed E-state index contributed by atoms with van der Waals surface area (Å²) in [6.07, 6.45) is 1.47. The Balaban J connectivity index is 1.45. The average molecular weight is 729 g/mol. The number of hydrazone groups is 1. The number of ether oxygens (including phenoxy) is 2. The second kappa shape index (κ2) is 11.4. The van der Waals surface area contributed by atoms with E-state index in [2.05, 4.69) is 65.0 Å². The van der Waals surface area contributed by atoms with Crippen molar-refractivity contribution in [3.05, 3.63) is 94.1 Å². The van der Waals surface area contributed by atoms with Gasteiger partial charge in [-0.3, -0.25) is 14.9 Å². The summed E-state index contributed by atoms with van der Waals surface area (Å²) in [6.45, 7) is 0.127. The molecule has 4 aromatic rings. The van der Waals surface area contributed by atoms with Gasteiger partial charge in [0.25, 0.3) is 5.69 Å². The molecule has 0 atom stereocenters. The summed E-state index contributed by atoms with van der Waals surface area (Å²) >= 11 is 8.92. The van der Waals surface area contributed by atoms with Crippen molar-refractivity contribution in [1.29, 1.82) is 0 Å². The van der Waals surface area contributed by atoms with Crippen LogP contribution in [-0.2, 0) is 6.61 Å². The van der Waals surface area contributed by atoms with Crippen molar-refractivity contribution in [1.82, 2.24) is 5.43 Å². The third-order valence-electron chi connectivity index (χ3n) is 4.90. The highest BCUT2D eigenvalue weighted by molar-refractivity contribution is 14.1. The minimum absolute atomic E-state index is 0.00507. The average Bonchev–Trinajstić information content (AvgIpc) is 3.28. The number of nitrogens with zero attached hydrogens (tertiary/aromatic N) is 2. The second-order valence-electron chi connectivity index (χ2n) is 7.37. The number of nitro benzene ring substituents is 1. The fraction of sp³-hybridized carbons (Fsp3) is 0.0833. The lowest BCUT2D eigenvalue weighted by molar-refractivity contribution is -0.384. The number of hydrogen-bond acceptors (Lipinski definition) is 7. The minimum atomic E-state index is -0.496. The SMILES string of the molecule is COc1cc(/C=N\NC(=O)c2cc3cc(Br)cc(Br)c3o2)cc(I)c1OCc1cccc([N+](=O)[O-])c1. The summed E-state index contributed by atoms with van der Waals surface area (Å²) in [7, 11) is 1.51. The van der Waals surface area contributed by atoms with E-state index >= 15 is 0 Å². The lowest BCUT2D eigenvalue weighted by Gasteiger charge is -2.13. The highest BCUT2D eigenvalue weighted by atomic mass is 127. The van der Waals surface area contributed by atoms with Crippen molar-refractivity contribution in [2.24, 2.45) is 5.10 Å². The number of fused-ring (bicyclic) bond motifs is 1. The van der Waals surface area contributed by atoms with Crippen molar-refractivity contribution in [3.63, 3.8) is 0 Å². The Morgan fingerprint density at radius 3 is 2.78 bits per heavy atom. The minimum Gasteiger partial charge on any atom is -0.493 e. The number of hydrogen-bond donors (Lipinski definition) is 1. The predicted octanol–water partition coefficient (Wildman–Crippen LogP) is 6.82. The van der Waals surface area contributed by atoms with Crippen molar-refractivity contribution in [2.75, 3.05) is 7.11 Å². The van der Waals surface area contributed by atoms with Crippen LogP contribution in [-0.4, -0.2) is 24.2 Å². The van der Waals surface area contributed by atoms with Crippen LogP contribution < -0.4 is 14.9 Å². The molecule has 0 saturated carbocycles. The summed E-state index contributed by atoms with van der Waals surface area (Å²) in [6, 6.07) is 15.1. The molecule has 9 nitrogen and oxygen atoms in total. The van der Waals surface area contributed by atoms with Gasteiger partial charge >= 0.3 is 5.91 Å². The summed E-state index contributed by atoms with van der Waals surface area (Å²) < 4.78 is 19.3. The van der Waals surface area contributed by atoms with Crippen molar-refractivity contribution in [3.8, 4) is 11.5 Å². The molecule has 184 valence electrons. The molecule has 0 radical (unpaired) electrons. The number of rotatable bonds is 8. The van der Waals surface area contributed by atoms with Crippen LogP contribution in [0.15, 0.2) is 73.1 Å². The molecule has 1 heterocycles. The maximum absolute atomic E-state index is 12.5. The van der Waals surface area contributed by atoms with Crippen molar-refractivity contribution in [2.45, 2.75) is 6.61 Å². The van der Waals surface area contributed by atoms with Gasteiger partial charge in [0.1, 0.15) is 12.2 Å². The van der Waals surface area contributed by atoms with E-state index in [0.29, 0.717) is 28.2 Å². The molecule has 0 bridgehead atoms. The van der Waals surface area contributed by atoms with E-state index < -0.39 is 10.8 Å². The van der Waals surface area contributed by atoms with E-state index in [4.69, 9.17) is 13.9 Å². The molecule has 1 amide bonds. The first-order chi connectivity index (χ1) is 17.2. The van der Waals surface area contributed by atoms with Crippen LogP contribution in [0.2, 0.25) is 0 Å². The summed E-state index contributed by atoms with van der Waals surface area (Å²) in [5.41, 5.74) is 4.33. The molecule has 3 aromatic carbocycles. The number of halogens is 3. The molecule has 0 aliphatic carbocycles. The zero-order valence-corrected chi connectivity index (χ0v) is 23.8. The monoisotopic (exact) mass is 727 g/mol. The number of amides is 1. The Labute approximate surface area is 235 Å². The van der Waals surface area contributed by atoms with E-state index in [1.54, 1.807) is 30.3 Å². The Hall–Kier alpha value is -2.97. The van der Waals surface area contributed by atoms with Gasteiger partial charge in [0.2, 0.25) is 0 Å². The van der Waals surface area contributed by atoms with E-state index in [1.807, 2.05) is 12.1 Å². The number of carbonyl (C=O) groups excluding carboxylic acids is 1. The first-order valence-electron chi connectivity index (χ1n) is 10.2. The van der Waals surface area contributed by atoms with Gasteiger partial charge < -0.3 is 13.9 Å². The molecule has 0 spiro atoms. The van der Waals surface area contributed by atoms with E-state index in [0.717, 1.165) is 17.9 Å². The molecule has 0 aliphatic heterocycles. The maximum atomic E-state index is 12.5. The van der Waals surface area contributed by atoms with Crippen LogP contribution in [0.4, 0.5) is 5.69 Å². The van der Waals surface area contributed by atoms with Gasteiger partial charge in [-0.2, -0.15) is 5.10 Å². The topological polar surface area (TPSA) is 116 Å². The molecular formula is C24H16Br2IN3O6. The molecule has 1 N–H and O–H groups in total. The third-order valence-corrected chi connectivity index (χ3v) is 6.74. The number of nitro groups is 1. The van der Waals surface area contributed by atoms with Crippen molar-refractivity contribution >= 4 is 83.2 Å². The Morgan fingerprint density at radius 2 is 2.03 bits per heavy atom. The smallest absolute Gasteiger partial charge is 0.307 e. The molecule has 0 saturated heterocycles. The zero-order valence-electron chi connectivity index (χ0n) is 18.5. The van der Waals surface area contributed by atoms with Crippen LogP contribution >= 0.6 is 54.5 Å². The van der Waals surface area contributed by atoms with Crippen LogP contribution in [0.1, 0.15) is 21.7 Å². The number of non-ortho nitro benzene ring substituents is 1. The molecule has 0 aliphatic rings. The highest BCUT2D eigenvalue weighted by Gasteiger charge is 2.15. The van der Waals surface area contributed by atoms with Gasteiger partial charge in [0.15, 0.2) is 17.3 Å². The first kappa shape index (κ1) is 26.1. The molecule has 12 heteroatoms. The Bertz CT molecular complexity index is 1500. The van der Waals surface area contributed by atoms with Gasteiger partial charge in [-0.1, -0.05) is 28.1 Å². The summed E-state index contributed by atoms with van der Waals surface area (Å²) in [5, 5.41) is 15.8. The van der Waals surface area contributed by atoms with E-state index in [-0.39, 0.29) is 18.1 Å². The zero-order chi connectivity index (χ0) is 25.8. The van der Waals surface area contributed by atoms with Crippen LogP contribution in [0.5, 0.6) is 11.5 Å². The lowest BCUT2D eigenvalue weighted by Crippen LogP contribution is -2.16. The maximum Gasteiger partial charge on any atom is 0.307 e. The van der Waals surface area contributed by atoms with Crippen LogP contribution in [0.25, 0.3) is 11.0 Å². The number of furan rings is 1. The Morgan fingerprint density at radius 1 is 1.22 bits per heavy atom.